The smallest absolute Gasteiger partial charge is 0.0567 e. The lowest BCUT2D eigenvalue weighted by atomic mass is 9.82. The zero-order valence-corrected chi connectivity index (χ0v) is 32.0. The van der Waals surface area contributed by atoms with Crippen LogP contribution in [0.2, 0.25) is 0 Å². The molecule has 0 bridgehead atoms. The Hall–Kier alpha value is -7.16. The van der Waals surface area contributed by atoms with E-state index in [1.807, 2.05) is 0 Å². The molecular formula is C55H40N2. The largest absolute Gasteiger partial charge is 0.310 e. The van der Waals surface area contributed by atoms with Crippen LogP contribution >= 0.6 is 0 Å². The van der Waals surface area contributed by atoms with Gasteiger partial charge in [0.25, 0.3) is 0 Å². The molecule has 57 heavy (non-hydrogen) atoms. The van der Waals surface area contributed by atoms with E-state index in [1.165, 1.54) is 65.3 Å². The molecule has 0 saturated heterocycles. The van der Waals surface area contributed by atoms with Crippen molar-refractivity contribution in [3.8, 4) is 11.1 Å². The maximum Gasteiger partial charge on any atom is 0.0567 e. The molecule has 0 unspecified atom stereocenters. The Morgan fingerprint density at radius 3 is 1.60 bits per heavy atom. The molecule has 2 heteroatoms. The summed E-state index contributed by atoms with van der Waals surface area (Å²) in [6.45, 7) is 4.69. The van der Waals surface area contributed by atoms with Gasteiger partial charge < -0.3 is 9.80 Å². The van der Waals surface area contributed by atoms with E-state index < -0.39 is 0 Å². The number of hydrogen-bond acceptors (Lipinski definition) is 2. The molecular weight excluding hydrogens is 689 g/mol. The van der Waals surface area contributed by atoms with Gasteiger partial charge in [-0.05, 0) is 121 Å². The number of hydrogen-bond donors (Lipinski definition) is 0. The topological polar surface area (TPSA) is 6.48 Å². The van der Waals surface area contributed by atoms with E-state index in [4.69, 9.17) is 0 Å². The number of fused-ring (bicyclic) bond motifs is 9. The highest BCUT2D eigenvalue weighted by Crippen LogP contribution is 2.52. The van der Waals surface area contributed by atoms with E-state index in [2.05, 4.69) is 230 Å². The SMILES string of the molecule is CC1(C)c2ccccc2-c2cc(N(c3ccccc3)c3cc(N(c4ccccc4)c4ccc5ccc6ccccc6c5c4)c4c(ccc5ccccc54)c3)ccc21. The molecule has 0 N–H and O–H groups in total. The summed E-state index contributed by atoms with van der Waals surface area (Å²) in [6, 6.07) is 75.9. The monoisotopic (exact) mass is 728 g/mol. The van der Waals surface area contributed by atoms with E-state index >= 15 is 0 Å². The van der Waals surface area contributed by atoms with Gasteiger partial charge in [-0.15, -0.1) is 0 Å². The fourth-order valence-corrected chi connectivity index (χ4v) is 9.42. The molecule has 10 aromatic carbocycles. The van der Waals surface area contributed by atoms with E-state index in [-0.39, 0.29) is 5.41 Å². The van der Waals surface area contributed by atoms with Crippen molar-refractivity contribution in [1.29, 1.82) is 0 Å². The zero-order chi connectivity index (χ0) is 38.1. The predicted octanol–water partition coefficient (Wildman–Crippen LogP) is 15.5. The average Bonchev–Trinajstić information content (AvgIpc) is 3.49. The number of rotatable bonds is 6. The van der Waals surface area contributed by atoms with Crippen LogP contribution in [-0.2, 0) is 5.41 Å². The van der Waals surface area contributed by atoms with Crippen LogP contribution in [0, 0.1) is 0 Å². The Kier molecular flexibility index (Phi) is 7.55. The summed E-state index contributed by atoms with van der Waals surface area (Å²) in [5, 5.41) is 9.81. The quantitative estimate of drug-likeness (QED) is 0.157. The summed E-state index contributed by atoms with van der Waals surface area (Å²) in [5.74, 6) is 0. The summed E-state index contributed by atoms with van der Waals surface area (Å²) in [6.07, 6.45) is 0. The first kappa shape index (κ1) is 33.2. The number of benzene rings is 10. The van der Waals surface area contributed by atoms with E-state index in [9.17, 15) is 0 Å². The molecule has 10 aromatic rings. The molecule has 11 rings (SSSR count). The van der Waals surface area contributed by atoms with Crippen molar-refractivity contribution in [1.82, 2.24) is 0 Å². The van der Waals surface area contributed by atoms with Crippen molar-refractivity contribution < 1.29 is 0 Å². The van der Waals surface area contributed by atoms with Crippen molar-refractivity contribution in [2.45, 2.75) is 19.3 Å². The van der Waals surface area contributed by atoms with Gasteiger partial charge in [-0.1, -0.05) is 159 Å². The Bertz CT molecular complexity index is 3160. The normalized spacial score (nSPS) is 12.9. The Morgan fingerprint density at radius 1 is 0.316 bits per heavy atom. The minimum atomic E-state index is -0.0689. The lowest BCUT2D eigenvalue weighted by Gasteiger charge is -2.31. The van der Waals surface area contributed by atoms with E-state index in [1.54, 1.807) is 0 Å². The van der Waals surface area contributed by atoms with E-state index in [0.717, 1.165) is 34.1 Å². The molecule has 0 radical (unpaired) electrons. The number of para-hydroxylation sites is 2. The van der Waals surface area contributed by atoms with Crippen LogP contribution in [0.15, 0.2) is 206 Å². The Balaban J connectivity index is 1.21. The summed E-state index contributed by atoms with van der Waals surface area (Å²) >= 11 is 0. The number of anilines is 6. The second-order valence-corrected chi connectivity index (χ2v) is 15.8. The maximum atomic E-state index is 2.46. The third kappa shape index (κ3) is 5.33. The van der Waals surface area contributed by atoms with Crippen LogP contribution in [0.25, 0.3) is 54.2 Å². The van der Waals surface area contributed by atoms with Gasteiger partial charge in [0.15, 0.2) is 0 Å². The molecule has 0 fully saturated rings. The van der Waals surface area contributed by atoms with Gasteiger partial charge in [-0.25, -0.2) is 0 Å². The highest BCUT2D eigenvalue weighted by Gasteiger charge is 2.35. The molecule has 0 atom stereocenters. The summed E-state index contributed by atoms with van der Waals surface area (Å²) in [4.78, 5) is 4.90. The van der Waals surface area contributed by atoms with Gasteiger partial charge >= 0.3 is 0 Å². The lowest BCUT2D eigenvalue weighted by molar-refractivity contribution is 0.660. The van der Waals surface area contributed by atoms with Gasteiger partial charge in [0.2, 0.25) is 0 Å². The summed E-state index contributed by atoms with van der Waals surface area (Å²) in [5.41, 5.74) is 12.0. The minimum Gasteiger partial charge on any atom is -0.310 e. The Morgan fingerprint density at radius 2 is 0.842 bits per heavy atom. The molecule has 0 amide bonds. The fourth-order valence-electron chi connectivity index (χ4n) is 9.42. The van der Waals surface area contributed by atoms with Crippen LogP contribution < -0.4 is 9.80 Å². The van der Waals surface area contributed by atoms with Gasteiger partial charge in [0, 0.05) is 39.2 Å². The molecule has 2 nitrogen and oxygen atoms in total. The first-order chi connectivity index (χ1) is 28.0. The van der Waals surface area contributed by atoms with Crippen molar-refractivity contribution in [2.75, 3.05) is 9.80 Å². The maximum absolute atomic E-state index is 2.46. The Labute approximate surface area is 333 Å². The van der Waals surface area contributed by atoms with Gasteiger partial charge in [0.1, 0.15) is 0 Å². The van der Waals surface area contributed by atoms with Crippen molar-refractivity contribution in [3.63, 3.8) is 0 Å². The van der Waals surface area contributed by atoms with Crippen LogP contribution in [0.4, 0.5) is 34.1 Å². The third-order valence-corrected chi connectivity index (χ3v) is 12.1. The average molecular weight is 729 g/mol. The molecule has 0 aliphatic heterocycles. The highest BCUT2D eigenvalue weighted by atomic mass is 15.2. The zero-order valence-electron chi connectivity index (χ0n) is 32.0. The second-order valence-electron chi connectivity index (χ2n) is 15.8. The molecule has 0 spiro atoms. The minimum absolute atomic E-state index is 0.0689. The molecule has 0 heterocycles. The van der Waals surface area contributed by atoms with Crippen LogP contribution in [0.5, 0.6) is 0 Å². The molecule has 1 aliphatic carbocycles. The number of nitrogens with zero attached hydrogens (tertiary/aromatic N) is 2. The summed E-state index contributed by atoms with van der Waals surface area (Å²) in [7, 11) is 0. The van der Waals surface area contributed by atoms with Gasteiger partial charge in [0.05, 0.1) is 5.69 Å². The first-order valence-corrected chi connectivity index (χ1v) is 19.8. The lowest BCUT2D eigenvalue weighted by Crippen LogP contribution is -2.16. The molecule has 270 valence electrons. The molecule has 1 aliphatic rings. The second kappa shape index (κ2) is 13.0. The highest BCUT2D eigenvalue weighted by molar-refractivity contribution is 6.17. The van der Waals surface area contributed by atoms with Gasteiger partial charge in [-0.2, -0.15) is 0 Å². The van der Waals surface area contributed by atoms with Crippen LogP contribution in [0.1, 0.15) is 25.0 Å². The van der Waals surface area contributed by atoms with Crippen molar-refractivity contribution in [2.24, 2.45) is 0 Å². The van der Waals surface area contributed by atoms with Crippen LogP contribution in [0.3, 0.4) is 0 Å². The van der Waals surface area contributed by atoms with Gasteiger partial charge in [-0.3, -0.25) is 0 Å². The predicted molar refractivity (Wildman–Crippen MR) is 243 cm³/mol. The molecule has 0 saturated carbocycles. The van der Waals surface area contributed by atoms with Crippen LogP contribution in [-0.4, -0.2) is 0 Å². The standard InChI is InChI=1S/C55H40N2/c1-55(2)51-24-14-13-23-48(51)50-35-43(31-32-52(50)55)56(41-17-5-3-6-18-41)45-33-40-28-27-38-16-10-12-22-47(38)54(40)53(36-45)57(42-19-7-4-8-20-42)44-30-29-39-26-25-37-15-9-11-21-46(37)49(39)34-44/h3-36H,1-2H3. The van der Waals surface area contributed by atoms with E-state index in [0.29, 0.717) is 0 Å². The fraction of sp³-hybridized carbons (Fsp3) is 0.0545. The third-order valence-electron chi connectivity index (χ3n) is 12.1. The van der Waals surface area contributed by atoms with Crippen molar-refractivity contribution in [3.05, 3.63) is 217 Å². The first-order valence-electron chi connectivity index (χ1n) is 19.8. The van der Waals surface area contributed by atoms with Crippen molar-refractivity contribution >= 4 is 77.2 Å². The molecule has 0 aromatic heterocycles. The summed E-state index contributed by atoms with van der Waals surface area (Å²) < 4.78 is 0.